The van der Waals surface area contributed by atoms with E-state index in [1.807, 2.05) is 0 Å². The quantitative estimate of drug-likeness (QED) is 0.885. The Bertz CT molecular complexity index is 419. The minimum absolute atomic E-state index is 0.0965. The maximum atomic E-state index is 10.5. The molecule has 2 heteroatoms. The number of hydrogen-bond donors (Lipinski definition) is 2. The van der Waals surface area contributed by atoms with Crippen molar-refractivity contribution in [1.82, 2.24) is 5.32 Å². The van der Waals surface area contributed by atoms with Gasteiger partial charge in [-0.1, -0.05) is 36.8 Å². The molecule has 0 aliphatic heterocycles. The van der Waals surface area contributed by atoms with E-state index < -0.39 is 0 Å². The van der Waals surface area contributed by atoms with Crippen LogP contribution in [0.3, 0.4) is 0 Å². The zero-order chi connectivity index (χ0) is 13.9. The fourth-order valence-electron chi connectivity index (χ4n) is 4.43. The zero-order valence-corrected chi connectivity index (χ0v) is 12.5. The molecule has 2 unspecified atom stereocenters. The van der Waals surface area contributed by atoms with E-state index in [9.17, 15) is 5.11 Å². The van der Waals surface area contributed by atoms with Crippen molar-refractivity contribution in [1.29, 1.82) is 0 Å². The molecule has 2 saturated carbocycles. The van der Waals surface area contributed by atoms with E-state index in [2.05, 4.69) is 42.7 Å². The van der Waals surface area contributed by atoms with Crippen molar-refractivity contribution in [2.45, 2.75) is 56.6 Å². The second-order valence-electron chi connectivity index (χ2n) is 6.72. The Hall–Kier alpha value is -0.860. The van der Waals surface area contributed by atoms with Crippen molar-refractivity contribution in [3.63, 3.8) is 0 Å². The van der Waals surface area contributed by atoms with Crippen LogP contribution in [0.1, 0.15) is 50.0 Å². The van der Waals surface area contributed by atoms with E-state index in [1.54, 1.807) is 0 Å². The maximum absolute atomic E-state index is 10.5. The molecule has 0 aromatic heterocycles. The summed E-state index contributed by atoms with van der Waals surface area (Å²) in [4.78, 5) is 0. The van der Waals surface area contributed by atoms with Crippen molar-refractivity contribution in [3.05, 3.63) is 35.9 Å². The minimum atomic E-state index is -0.0965. The number of hydrogen-bond acceptors (Lipinski definition) is 2. The molecule has 2 aliphatic carbocycles. The summed E-state index contributed by atoms with van der Waals surface area (Å²) in [5.74, 6) is 1.78. The van der Waals surface area contributed by atoms with Crippen molar-refractivity contribution >= 4 is 0 Å². The van der Waals surface area contributed by atoms with Gasteiger partial charge in [0.2, 0.25) is 0 Å². The topological polar surface area (TPSA) is 32.3 Å². The molecule has 0 bridgehead atoms. The first kappa shape index (κ1) is 14.1. The van der Waals surface area contributed by atoms with Gasteiger partial charge in [-0.2, -0.15) is 0 Å². The Morgan fingerprint density at radius 1 is 1.05 bits per heavy atom. The van der Waals surface area contributed by atoms with Gasteiger partial charge >= 0.3 is 0 Å². The van der Waals surface area contributed by atoms with Crippen LogP contribution in [0.4, 0.5) is 0 Å². The van der Waals surface area contributed by atoms with Crippen LogP contribution in [-0.2, 0) is 0 Å². The number of rotatable bonds is 3. The molecule has 0 saturated heterocycles. The third-order valence-electron chi connectivity index (χ3n) is 5.58. The highest BCUT2D eigenvalue weighted by molar-refractivity contribution is 5.21. The largest absolute Gasteiger partial charge is 0.393 e. The summed E-state index contributed by atoms with van der Waals surface area (Å²) in [6.07, 6.45) is 7.21. The molecule has 2 nitrogen and oxygen atoms in total. The van der Waals surface area contributed by atoms with Crippen LogP contribution in [-0.4, -0.2) is 24.3 Å². The summed E-state index contributed by atoms with van der Waals surface area (Å²) >= 11 is 0. The van der Waals surface area contributed by atoms with Gasteiger partial charge in [-0.25, -0.2) is 0 Å². The molecule has 0 amide bonds. The first-order valence-electron chi connectivity index (χ1n) is 8.18. The van der Waals surface area contributed by atoms with Gasteiger partial charge in [0.15, 0.2) is 0 Å². The fraction of sp³-hybridized carbons (Fsp3) is 0.667. The smallest absolute Gasteiger partial charge is 0.0577 e. The molecule has 0 radical (unpaired) electrons. The van der Waals surface area contributed by atoms with Crippen LogP contribution in [0, 0.1) is 11.8 Å². The van der Waals surface area contributed by atoms with Crippen LogP contribution in [0.25, 0.3) is 0 Å². The zero-order valence-electron chi connectivity index (χ0n) is 12.5. The fourth-order valence-corrected chi connectivity index (χ4v) is 4.43. The average Bonchev–Trinajstić information content (AvgIpc) is 2.90. The van der Waals surface area contributed by atoms with Crippen molar-refractivity contribution in [2.24, 2.45) is 11.8 Å². The van der Waals surface area contributed by atoms with Gasteiger partial charge in [-0.05, 0) is 62.5 Å². The number of aliphatic hydroxyl groups excluding tert-OH is 1. The molecule has 0 spiro atoms. The lowest BCUT2D eigenvalue weighted by atomic mass is 9.76. The van der Waals surface area contributed by atoms with E-state index in [0.717, 1.165) is 6.42 Å². The molecule has 2 N–H and O–H groups in total. The highest BCUT2D eigenvalue weighted by Gasteiger charge is 2.39. The highest BCUT2D eigenvalue weighted by Crippen LogP contribution is 2.45. The Balaban J connectivity index is 1.66. The lowest BCUT2D eigenvalue weighted by Gasteiger charge is -2.34. The van der Waals surface area contributed by atoms with Gasteiger partial charge < -0.3 is 10.4 Å². The Kier molecular flexibility index (Phi) is 4.42. The van der Waals surface area contributed by atoms with E-state index in [-0.39, 0.29) is 6.10 Å². The van der Waals surface area contributed by atoms with Gasteiger partial charge in [0, 0.05) is 6.04 Å². The number of nitrogens with one attached hydrogen (secondary N) is 1. The van der Waals surface area contributed by atoms with Gasteiger partial charge in [0.05, 0.1) is 6.10 Å². The lowest BCUT2D eigenvalue weighted by Crippen LogP contribution is -2.35. The molecule has 20 heavy (non-hydrogen) atoms. The van der Waals surface area contributed by atoms with Gasteiger partial charge in [0.25, 0.3) is 0 Å². The van der Waals surface area contributed by atoms with Gasteiger partial charge in [-0.3, -0.25) is 0 Å². The van der Waals surface area contributed by atoms with E-state index in [4.69, 9.17) is 0 Å². The number of aliphatic hydroxyl groups is 1. The Labute approximate surface area is 122 Å². The van der Waals surface area contributed by atoms with E-state index >= 15 is 0 Å². The minimum Gasteiger partial charge on any atom is -0.393 e. The third kappa shape index (κ3) is 2.91. The molecule has 5 atom stereocenters. The molecule has 1 aromatic carbocycles. The van der Waals surface area contributed by atoms with Crippen LogP contribution in [0.5, 0.6) is 0 Å². The lowest BCUT2D eigenvalue weighted by molar-refractivity contribution is 0.0773. The predicted octanol–water partition coefficient (Wildman–Crippen LogP) is 3.32. The first-order valence-corrected chi connectivity index (χ1v) is 8.18. The second-order valence-corrected chi connectivity index (χ2v) is 6.72. The maximum Gasteiger partial charge on any atom is 0.0577 e. The summed E-state index contributed by atoms with van der Waals surface area (Å²) in [6.45, 7) is 0. The van der Waals surface area contributed by atoms with Crippen molar-refractivity contribution in [3.8, 4) is 0 Å². The average molecular weight is 273 g/mol. The SMILES string of the molecule is CNC1CCCC([C@@H]2C[C@H](c3ccccc3)C[C@H]2O)C1. The van der Waals surface area contributed by atoms with Gasteiger partial charge in [0.1, 0.15) is 0 Å². The molecule has 1 aromatic rings. The predicted molar refractivity (Wildman–Crippen MR) is 82.7 cm³/mol. The summed E-state index contributed by atoms with van der Waals surface area (Å²) in [6, 6.07) is 11.4. The van der Waals surface area contributed by atoms with Crippen molar-refractivity contribution in [2.75, 3.05) is 7.05 Å². The molecule has 3 rings (SSSR count). The van der Waals surface area contributed by atoms with Crippen LogP contribution in [0.2, 0.25) is 0 Å². The van der Waals surface area contributed by atoms with Crippen LogP contribution >= 0.6 is 0 Å². The first-order chi connectivity index (χ1) is 9.78. The molecule has 2 aliphatic rings. The third-order valence-corrected chi connectivity index (χ3v) is 5.58. The molecular formula is C18H27NO. The monoisotopic (exact) mass is 273 g/mol. The molecule has 0 heterocycles. The summed E-state index contributed by atoms with van der Waals surface area (Å²) in [7, 11) is 2.07. The second kappa shape index (κ2) is 6.28. The van der Waals surface area contributed by atoms with Crippen molar-refractivity contribution < 1.29 is 5.11 Å². The summed E-state index contributed by atoms with van der Waals surface area (Å²) < 4.78 is 0. The standard InChI is InChI=1S/C18H27NO/c1-19-16-9-5-8-14(10-16)17-11-15(12-18(17)20)13-6-3-2-4-7-13/h2-4,6-7,14-20H,5,8-12H2,1H3/t14?,15-,16?,17-,18+/m0/s1. The van der Waals surface area contributed by atoms with E-state index in [0.29, 0.717) is 23.8 Å². The Morgan fingerprint density at radius 2 is 1.85 bits per heavy atom. The Morgan fingerprint density at radius 3 is 2.60 bits per heavy atom. The molecule has 110 valence electrons. The molecular weight excluding hydrogens is 246 g/mol. The van der Waals surface area contributed by atoms with Gasteiger partial charge in [-0.15, -0.1) is 0 Å². The molecule has 2 fully saturated rings. The van der Waals surface area contributed by atoms with Crippen LogP contribution < -0.4 is 5.32 Å². The highest BCUT2D eigenvalue weighted by atomic mass is 16.3. The van der Waals surface area contributed by atoms with Crippen LogP contribution in [0.15, 0.2) is 30.3 Å². The number of benzene rings is 1. The van der Waals surface area contributed by atoms with E-state index in [1.165, 1.54) is 37.7 Å². The summed E-state index contributed by atoms with van der Waals surface area (Å²) in [5, 5.41) is 13.9. The normalized spacial score (nSPS) is 38.0. The summed E-state index contributed by atoms with van der Waals surface area (Å²) in [5.41, 5.74) is 1.41.